The van der Waals surface area contributed by atoms with Crippen molar-refractivity contribution in [3.8, 4) is 0 Å². The topological polar surface area (TPSA) is 13.0 Å². The standard InChI is InChI=1S/C55H43BN4/c1-3-4-34-51-41(2)56-50-38-37-49(40-54(50)60(46-30-18-9-19-31-46)53-36-21-35-52(55(53)56)59(51)45-28-16-8-17-29-45)58(44-26-14-7-15-27-44)48-33-20-32-47(39-48)57(42-22-10-5-11-23-42)43-24-12-6-13-25-43/h3-40H,1H2,2H3/b34-4-. The van der Waals surface area contributed by atoms with Crippen LogP contribution in [0.1, 0.15) is 6.92 Å². The minimum atomic E-state index is 0.0310. The van der Waals surface area contributed by atoms with Crippen LogP contribution in [0.4, 0.5) is 62.6 Å². The normalized spacial score (nSPS) is 12.9. The monoisotopic (exact) mass is 770 g/mol. The van der Waals surface area contributed by atoms with Crippen molar-refractivity contribution in [2.24, 2.45) is 0 Å². The van der Waals surface area contributed by atoms with Crippen molar-refractivity contribution in [1.29, 1.82) is 0 Å². The number of nitrogens with zero attached hydrogens (tertiary/aromatic N) is 4. The van der Waals surface area contributed by atoms with Gasteiger partial charge in [0.25, 0.3) is 0 Å². The van der Waals surface area contributed by atoms with E-state index in [9.17, 15) is 0 Å². The molecule has 2 heterocycles. The van der Waals surface area contributed by atoms with Crippen LogP contribution in [0, 0.1) is 0 Å². The summed E-state index contributed by atoms with van der Waals surface area (Å²) in [5.74, 6) is 0. The Morgan fingerprint density at radius 3 is 1.40 bits per heavy atom. The molecule has 10 rings (SSSR count). The molecule has 8 aromatic carbocycles. The first-order valence-corrected chi connectivity index (χ1v) is 20.5. The predicted molar refractivity (Wildman–Crippen MR) is 256 cm³/mol. The Hall–Kier alpha value is -7.76. The Labute approximate surface area is 353 Å². The van der Waals surface area contributed by atoms with Crippen molar-refractivity contribution < 1.29 is 0 Å². The molecule has 8 aromatic rings. The molecule has 0 saturated heterocycles. The number of anilines is 11. The van der Waals surface area contributed by atoms with Gasteiger partial charge in [0, 0.05) is 68.3 Å². The quantitative estimate of drug-likeness (QED) is 0.101. The Bertz CT molecular complexity index is 2820. The van der Waals surface area contributed by atoms with E-state index in [2.05, 4.69) is 258 Å². The van der Waals surface area contributed by atoms with E-state index in [-0.39, 0.29) is 6.71 Å². The van der Waals surface area contributed by atoms with Gasteiger partial charge in [-0.1, -0.05) is 133 Å². The number of fused-ring (bicyclic) bond motifs is 2. The fourth-order valence-electron chi connectivity index (χ4n) is 9.00. The summed E-state index contributed by atoms with van der Waals surface area (Å²) < 4.78 is 0. The van der Waals surface area contributed by atoms with Gasteiger partial charge in [-0.2, -0.15) is 0 Å². The van der Waals surface area contributed by atoms with E-state index < -0.39 is 0 Å². The maximum atomic E-state index is 4.04. The van der Waals surface area contributed by atoms with Crippen LogP contribution in [0.15, 0.2) is 248 Å². The molecule has 0 aliphatic carbocycles. The molecule has 0 aromatic heterocycles. The fraction of sp³-hybridized carbons (Fsp3) is 0.0182. The van der Waals surface area contributed by atoms with E-state index in [1.165, 1.54) is 27.8 Å². The second kappa shape index (κ2) is 15.9. The van der Waals surface area contributed by atoms with Gasteiger partial charge in [0.2, 0.25) is 6.71 Å². The minimum Gasteiger partial charge on any atom is -0.312 e. The Kier molecular flexibility index (Phi) is 9.68. The molecule has 286 valence electrons. The molecule has 0 unspecified atom stereocenters. The zero-order valence-corrected chi connectivity index (χ0v) is 33.5. The number of hydrogen-bond donors (Lipinski definition) is 0. The zero-order valence-electron chi connectivity index (χ0n) is 33.5. The van der Waals surface area contributed by atoms with Crippen LogP contribution in [-0.2, 0) is 0 Å². The van der Waals surface area contributed by atoms with E-state index >= 15 is 0 Å². The van der Waals surface area contributed by atoms with Gasteiger partial charge in [-0.15, -0.1) is 0 Å². The van der Waals surface area contributed by atoms with Gasteiger partial charge >= 0.3 is 0 Å². The first-order valence-electron chi connectivity index (χ1n) is 20.5. The molecule has 0 amide bonds. The van der Waals surface area contributed by atoms with Crippen LogP contribution in [-0.4, -0.2) is 6.71 Å². The second-order valence-electron chi connectivity index (χ2n) is 15.1. The summed E-state index contributed by atoms with van der Waals surface area (Å²) in [5.41, 5.74) is 17.2. The SMILES string of the molecule is C=C/C=C\C1=C(C)B2c3ccc(N(c4ccccc4)c4cccc(N(c5ccccc5)c5ccccc5)c4)cc3N(c3ccccc3)c3cccc(c32)N1c1ccccc1. The van der Waals surface area contributed by atoms with Crippen molar-refractivity contribution in [2.45, 2.75) is 6.92 Å². The molecular weight excluding hydrogens is 727 g/mol. The highest BCUT2D eigenvalue weighted by Crippen LogP contribution is 2.47. The number of allylic oxidation sites excluding steroid dienone is 4. The van der Waals surface area contributed by atoms with E-state index in [0.29, 0.717) is 0 Å². The third-order valence-corrected chi connectivity index (χ3v) is 11.5. The van der Waals surface area contributed by atoms with Gasteiger partial charge in [-0.25, -0.2) is 0 Å². The summed E-state index contributed by atoms with van der Waals surface area (Å²) in [6.07, 6.45) is 6.12. The molecule has 0 fully saturated rings. The Balaban J connectivity index is 1.18. The van der Waals surface area contributed by atoms with E-state index in [4.69, 9.17) is 0 Å². The third-order valence-electron chi connectivity index (χ3n) is 11.5. The van der Waals surface area contributed by atoms with Crippen molar-refractivity contribution in [3.05, 3.63) is 248 Å². The zero-order chi connectivity index (χ0) is 40.4. The second-order valence-corrected chi connectivity index (χ2v) is 15.1. The van der Waals surface area contributed by atoms with Crippen LogP contribution in [0.25, 0.3) is 0 Å². The number of hydrogen-bond acceptors (Lipinski definition) is 4. The summed E-state index contributed by atoms with van der Waals surface area (Å²) in [6.45, 7) is 6.36. The summed E-state index contributed by atoms with van der Waals surface area (Å²) in [5, 5.41) is 0. The molecule has 0 atom stereocenters. The van der Waals surface area contributed by atoms with Crippen molar-refractivity contribution in [3.63, 3.8) is 0 Å². The van der Waals surface area contributed by atoms with Gasteiger partial charge in [0.15, 0.2) is 0 Å². The molecule has 5 heteroatoms. The van der Waals surface area contributed by atoms with Crippen LogP contribution in [0.2, 0.25) is 0 Å². The molecule has 2 aliphatic rings. The first-order chi connectivity index (χ1) is 29.7. The lowest BCUT2D eigenvalue weighted by atomic mass is 9.33. The van der Waals surface area contributed by atoms with Gasteiger partial charge in [-0.3, -0.25) is 0 Å². The summed E-state index contributed by atoms with van der Waals surface area (Å²) >= 11 is 0. The maximum absolute atomic E-state index is 4.04. The van der Waals surface area contributed by atoms with Crippen molar-refractivity contribution in [1.82, 2.24) is 0 Å². The summed E-state index contributed by atoms with van der Waals surface area (Å²) in [6, 6.07) is 76.1. The molecule has 0 saturated carbocycles. The smallest absolute Gasteiger partial charge is 0.247 e. The van der Waals surface area contributed by atoms with Gasteiger partial charge < -0.3 is 19.6 Å². The minimum absolute atomic E-state index is 0.0310. The molecular formula is C55H43BN4. The van der Waals surface area contributed by atoms with Crippen LogP contribution >= 0.6 is 0 Å². The largest absolute Gasteiger partial charge is 0.312 e. The molecule has 2 aliphatic heterocycles. The molecule has 60 heavy (non-hydrogen) atoms. The van der Waals surface area contributed by atoms with Crippen molar-refractivity contribution >= 4 is 80.2 Å². The van der Waals surface area contributed by atoms with Gasteiger partial charge in [-0.05, 0) is 127 Å². The lowest BCUT2D eigenvalue weighted by Crippen LogP contribution is -2.55. The average Bonchev–Trinajstić information content (AvgIpc) is 3.31. The van der Waals surface area contributed by atoms with Crippen LogP contribution < -0.4 is 30.5 Å². The third kappa shape index (κ3) is 6.47. The number of rotatable bonds is 10. The van der Waals surface area contributed by atoms with E-state index in [0.717, 1.165) is 56.9 Å². The average molecular weight is 771 g/mol. The summed E-state index contributed by atoms with van der Waals surface area (Å²) in [4.78, 5) is 9.57. The lowest BCUT2D eigenvalue weighted by Gasteiger charge is -2.44. The maximum Gasteiger partial charge on any atom is 0.247 e. The highest BCUT2D eigenvalue weighted by molar-refractivity contribution is 6.95. The molecule has 4 nitrogen and oxygen atoms in total. The first kappa shape index (κ1) is 36.6. The molecule has 0 N–H and O–H groups in total. The van der Waals surface area contributed by atoms with Gasteiger partial charge in [0.1, 0.15) is 0 Å². The molecule has 0 radical (unpaired) electrons. The van der Waals surface area contributed by atoms with Crippen molar-refractivity contribution in [2.75, 3.05) is 19.6 Å². The highest BCUT2D eigenvalue weighted by atomic mass is 15.2. The predicted octanol–water partition coefficient (Wildman–Crippen LogP) is 13.7. The van der Waals surface area contributed by atoms with Gasteiger partial charge in [0.05, 0.1) is 0 Å². The number of para-hydroxylation sites is 5. The van der Waals surface area contributed by atoms with E-state index in [1.54, 1.807) is 0 Å². The fourth-order valence-corrected chi connectivity index (χ4v) is 9.00. The number of benzene rings is 8. The molecule has 0 spiro atoms. The van der Waals surface area contributed by atoms with Crippen LogP contribution in [0.5, 0.6) is 0 Å². The summed E-state index contributed by atoms with van der Waals surface area (Å²) in [7, 11) is 0. The highest BCUT2D eigenvalue weighted by Gasteiger charge is 2.42. The lowest BCUT2D eigenvalue weighted by molar-refractivity contribution is 1.17. The Morgan fingerprint density at radius 1 is 0.433 bits per heavy atom. The molecule has 0 bridgehead atoms. The van der Waals surface area contributed by atoms with E-state index in [1.807, 2.05) is 6.08 Å². The van der Waals surface area contributed by atoms with Crippen LogP contribution in [0.3, 0.4) is 0 Å². The Morgan fingerprint density at radius 2 is 0.867 bits per heavy atom.